The van der Waals surface area contributed by atoms with Crippen molar-refractivity contribution in [2.75, 3.05) is 26.0 Å². The Labute approximate surface area is 222 Å². The monoisotopic (exact) mass is 541 g/mol. The molecule has 0 saturated carbocycles. The first-order chi connectivity index (χ1) is 18.3. The number of nitrogens with one attached hydrogen (secondary N) is 1. The minimum atomic E-state index is -1.16. The summed E-state index contributed by atoms with van der Waals surface area (Å²) in [5.41, 5.74) is 12.1. The van der Waals surface area contributed by atoms with Crippen LogP contribution in [0.4, 0.5) is 10.1 Å². The SMILES string of the molecule is COc1ccc(CN(C(=O)c2snc(C(N)=O)c2N)C(C(=O)NCC2CCCO2)c2ccc(F)cc2)cc1. The third-order valence-corrected chi connectivity index (χ3v) is 7.05. The molecule has 2 heterocycles. The molecule has 1 saturated heterocycles. The third kappa shape index (κ3) is 6.09. The van der Waals surface area contributed by atoms with Crippen molar-refractivity contribution in [2.24, 2.45) is 5.73 Å². The van der Waals surface area contributed by atoms with Crippen LogP contribution >= 0.6 is 11.5 Å². The van der Waals surface area contributed by atoms with E-state index in [1.165, 1.54) is 36.3 Å². The summed E-state index contributed by atoms with van der Waals surface area (Å²) in [5.74, 6) is -1.85. The number of halogens is 1. The van der Waals surface area contributed by atoms with Gasteiger partial charge in [0.25, 0.3) is 11.8 Å². The Hall–Kier alpha value is -4.03. The van der Waals surface area contributed by atoms with Crippen LogP contribution in [0.2, 0.25) is 0 Å². The molecular formula is C26H28FN5O5S. The average molecular weight is 542 g/mol. The molecule has 1 aliphatic rings. The molecule has 38 heavy (non-hydrogen) atoms. The topological polar surface area (TPSA) is 150 Å². The lowest BCUT2D eigenvalue weighted by molar-refractivity contribution is -0.126. The number of benzene rings is 2. The highest BCUT2D eigenvalue weighted by Gasteiger charge is 2.35. The summed E-state index contributed by atoms with van der Waals surface area (Å²) in [6.07, 6.45) is 1.58. The van der Waals surface area contributed by atoms with Gasteiger partial charge in [0.15, 0.2) is 5.69 Å². The molecule has 12 heteroatoms. The lowest BCUT2D eigenvalue weighted by atomic mass is 10.0. The number of hydrogen-bond donors (Lipinski definition) is 3. The highest BCUT2D eigenvalue weighted by atomic mass is 32.1. The number of methoxy groups -OCH3 is 1. The fourth-order valence-corrected chi connectivity index (χ4v) is 4.96. The Morgan fingerprint density at radius 3 is 2.50 bits per heavy atom. The van der Waals surface area contributed by atoms with E-state index in [0.29, 0.717) is 23.5 Å². The summed E-state index contributed by atoms with van der Waals surface area (Å²) in [6.45, 7) is 0.869. The zero-order valence-corrected chi connectivity index (χ0v) is 21.5. The molecule has 4 rings (SSSR count). The number of anilines is 1. The molecule has 0 spiro atoms. The van der Waals surface area contributed by atoms with Crippen molar-refractivity contribution in [1.29, 1.82) is 0 Å². The normalized spacial score (nSPS) is 15.6. The van der Waals surface area contributed by atoms with E-state index in [1.807, 2.05) is 0 Å². The van der Waals surface area contributed by atoms with Crippen molar-refractivity contribution in [3.63, 3.8) is 0 Å². The lowest BCUT2D eigenvalue weighted by Gasteiger charge is -2.31. The Morgan fingerprint density at radius 2 is 1.92 bits per heavy atom. The van der Waals surface area contributed by atoms with Crippen LogP contribution in [-0.2, 0) is 16.1 Å². The Balaban J connectivity index is 1.75. The van der Waals surface area contributed by atoms with Crippen molar-refractivity contribution in [1.82, 2.24) is 14.6 Å². The molecule has 0 aliphatic carbocycles. The van der Waals surface area contributed by atoms with Crippen molar-refractivity contribution in [3.05, 3.63) is 76.0 Å². The van der Waals surface area contributed by atoms with Gasteiger partial charge in [0.2, 0.25) is 5.91 Å². The second-order valence-corrected chi connectivity index (χ2v) is 9.53. The van der Waals surface area contributed by atoms with Gasteiger partial charge in [-0.05, 0) is 59.8 Å². The largest absolute Gasteiger partial charge is 0.497 e. The fourth-order valence-electron chi connectivity index (χ4n) is 4.20. The molecule has 200 valence electrons. The smallest absolute Gasteiger partial charge is 0.270 e. The number of ether oxygens (including phenoxy) is 2. The minimum absolute atomic E-state index is 0.0124. The maximum absolute atomic E-state index is 13.9. The van der Waals surface area contributed by atoms with E-state index in [0.717, 1.165) is 24.4 Å². The maximum Gasteiger partial charge on any atom is 0.270 e. The van der Waals surface area contributed by atoms with Crippen LogP contribution in [0.15, 0.2) is 48.5 Å². The minimum Gasteiger partial charge on any atom is -0.497 e. The number of carbonyl (C=O) groups excluding carboxylic acids is 3. The molecule has 1 fully saturated rings. The molecule has 0 bridgehead atoms. The number of rotatable bonds is 10. The maximum atomic E-state index is 13.9. The Kier molecular flexibility index (Phi) is 8.54. The van der Waals surface area contributed by atoms with Crippen molar-refractivity contribution in [2.45, 2.75) is 31.5 Å². The zero-order chi connectivity index (χ0) is 27.2. The molecule has 2 aromatic carbocycles. The number of amides is 3. The predicted octanol–water partition coefficient (Wildman–Crippen LogP) is 2.65. The van der Waals surface area contributed by atoms with Crippen LogP contribution in [0.1, 0.15) is 50.2 Å². The number of aromatic nitrogens is 1. The van der Waals surface area contributed by atoms with Crippen LogP contribution in [0.3, 0.4) is 0 Å². The zero-order valence-electron chi connectivity index (χ0n) is 20.7. The van der Waals surface area contributed by atoms with E-state index in [4.69, 9.17) is 20.9 Å². The molecule has 1 aliphatic heterocycles. The average Bonchev–Trinajstić information content (AvgIpc) is 3.58. The van der Waals surface area contributed by atoms with E-state index in [1.54, 1.807) is 24.3 Å². The quantitative estimate of drug-likeness (QED) is 0.357. The van der Waals surface area contributed by atoms with E-state index < -0.39 is 29.6 Å². The summed E-state index contributed by atoms with van der Waals surface area (Å²) in [6, 6.07) is 11.2. The first-order valence-electron chi connectivity index (χ1n) is 11.9. The fraction of sp³-hybridized carbons (Fsp3) is 0.308. The Morgan fingerprint density at radius 1 is 1.21 bits per heavy atom. The standard InChI is InChI=1S/C26H28FN5O5S/c1-36-18-10-4-15(5-11-18)14-32(26(35)23-20(28)21(24(29)33)31-38-23)22(16-6-8-17(27)9-7-16)25(34)30-13-19-3-2-12-37-19/h4-11,19,22H,2-3,12-14,28H2,1H3,(H2,29,33)(H,30,34). The van der Waals surface area contributed by atoms with Gasteiger partial charge >= 0.3 is 0 Å². The molecule has 3 aromatic rings. The number of carbonyl (C=O) groups is 3. The highest BCUT2D eigenvalue weighted by Crippen LogP contribution is 2.31. The van der Waals surface area contributed by atoms with Crippen LogP contribution in [-0.4, -0.2) is 53.4 Å². The number of nitrogens with two attached hydrogens (primary N) is 2. The molecule has 0 radical (unpaired) electrons. The van der Waals surface area contributed by atoms with Gasteiger partial charge in [-0.1, -0.05) is 24.3 Å². The summed E-state index contributed by atoms with van der Waals surface area (Å²) >= 11 is 0.719. The summed E-state index contributed by atoms with van der Waals surface area (Å²) in [4.78, 5) is 40.6. The van der Waals surface area contributed by atoms with Gasteiger partial charge < -0.3 is 31.2 Å². The summed E-state index contributed by atoms with van der Waals surface area (Å²) in [7, 11) is 1.54. The van der Waals surface area contributed by atoms with Gasteiger partial charge in [0, 0.05) is 19.7 Å². The second-order valence-electron chi connectivity index (χ2n) is 8.75. The van der Waals surface area contributed by atoms with Gasteiger partial charge in [-0.25, -0.2) is 4.39 Å². The van der Waals surface area contributed by atoms with Gasteiger partial charge in [-0.2, -0.15) is 4.37 Å². The molecule has 2 unspecified atom stereocenters. The molecule has 5 N–H and O–H groups in total. The Bertz CT molecular complexity index is 1290. The lowest BCUT2D eigenvalue weighted by Crippen LogP contribution is -2.45. The van der Waals surface area contributed by atoms with Crippen LogP contribution in [0, 0.1) is 5.82 Å². The molecular weight excluding hydrogens is 513 g/mol. The van der Waals surface area contributed by atoms with E-state index in [-0.39, 0.29) is 35.5 Å². The van der Waals surface area contributed by atoms with Crippen molar-refractivity contribution >= 4 is 34.9 Å². The van der Waals surface area contributed by atoms with Crippen molar-refractivity contribution < 1.29 is 28.2 Å². The number of nitrogen functional groups attached to an aromatic ring is 1. The van der Waals surface area contributed by atoms with E-state index in [2.05, 4.69) is 9.69 Å². The summed E-state index contributed by atoms with van der Waals surface area (Å²) in [5, 5.41) is 2.88. The van der Waals surface area contributed by atoms with Gasteiger partial charge in [0.1, 0.15) is 22.5 Å². The first-order valence-corrected chi connectivity index (χ1v) is 12.7. The predicted molar refractivity (Wildman–Crippen MR) is 139 cm³/mol. The van der Waals surface area contributed by atoms with Crippen molar-refractivity contribution in [3.8, 4) is 5.75 Å². The number of primary amides is 1. The molecule has 10 nitrogen and oxygen atoms in total. The molecule has 1 aromatic heterocycles. The molecule has 3 amide bonds. The summed E-state index contributed by atoms with van der Waals surface area (Å²) < 4.78 is 28.6. The van der Waals surface area contributed by atoms with Gasteiger partial charge in [-0.15, -0.1) is 0 Å². The van der Waals surface area contributed by atoms with Crippen LogP contribution < -0.4 is 21.5 Å². The van der Waals surface area contributed by atoms with Gasteiger partial charge in [-0.3, -0.25) is 14.4 Å². The highest BCUT2D eigenvalue weighted by molar-refractivity contribution is 7.09. The van der Waals surface area contributed by atoms with Gasteiger partial charge in [0.05, 0.1) is 18.9 Å². The third-order valence-electron chi connectivity index (χ3n) is 6.20. The molecule has 2 atom stereocenters. The van der Waals surface area contributed by atoms with Crippen LogP contribution in [0.5, 0.6) is 5.75 Å². The van der Waals surface area contributed by atoms with E-state index >= 15 is 0 Å². The number of nitrogens with zero attached hydrogens (tertiary/aromatic N) is 2. The van der Waals surface area contributed by atoms with E-state index in [9.17, 15) is 18.8 Å². The number of hydrogen-bond acceptors (Lipinski definition) is 8. The second kappa shape index (κ2) is 12.0. The van der Waals surface area contributed by atoms with Crippen LogP contribution in [0.25, 0.3) is 0 Å². The first kappa shape index (κ1) is 27.0.